The number of benzene rings is 2. The van der Waals surface area contributed by atoms with Gasteiger partial charge >= 0.3 is 0 Å². The van der Waals surface area contributed by atoms with Gasteiger partial charge in [-0.15, -0.1) is 0 Å². The third-order valence-electron chi connectivity index (χ3n) is 6.42. The predicted molar refractivity (Wildman–Crippen MR) is 125 cm³/mol. The molecule has 1 atom stereocenters. The summed E-state index contributed by atoms with van der Waals surface area (Å²) in [5, 5.41) is 10.3. The largest absolute Gasteiger partial charge is 0.459 e. The van der Waals surface area contributed by atoms with Crippen molar-refractivity contribution in [2.75, 3.05) is 5.32 Å². The van der Waals surface area contributed by atoms with Crippen LogP contribution in [0.15, 0.2) is 71.3 Å². The zero-order valence-electron chi connectivity index (χ0n) is 18.4. The fourth-order valence-corrected chi connectivity index (χ4v) is 4.38. The highest BCUT2D eigenvalue weighted by Crippen LogP contribution is 2.38. The first-order chi connectivity index (χ1) is 16.7. The van der Waals surface area contributed by atoms with E-state index >= 15 is 0 Å². The zero-order valence-corrected chi connectivity index (χ0v) is 18.4. The lowest BCUT2D eigenvalue weighted by Crippen LogP contribution is -2.50. The summed E-state index contributed by atoms with van der Waals surface area (Å²) in [5.74, 6) is 1.78. The fraction of sp³-hybridized carbons (Fsp3) is 0.231. The van der Waals surface area contributed by atoms with Crippen molar-refractivity contribution in [3.05, 3.63) is 89.6 Å². The van der Waals surface area contributed by atoms with Gasteiger partial charge in [0.15, 0.2) is 11.6 Å². The van der Waals surface area contributed by atoms with Crippen LogP contribution in [0.2, 0.25) is 0 Å². The van der Waals surface area contributed by atoms with Gasteiger partial charge in [-0.1, -0.05) is 24.3 Å². The maximum Gasteiger partial charge on any atom is 0.290 e. The molecule has 1 saturated carbocycles. The van der Waals surface area contributed by atoms with Crippen molar-refractivity contribution in [3.63, 3.8) is 0 Å². The van der Waals surface area contributed by atoms with Crippen LogP contribution in [0.3, 0.4) is 0 Å². The van der Waals surface area contributed by atoms with Gasteiger partial charge in [0, 0.05) is 30.1 Å². The van der Waals surface area contributed by atoms with Crippen molar-refractivity contribution < 1.29 is 14.0 Å². The molecule has 2 aliphatic rings. The molecule has 0 spiro atoms. The van der Waals surface area contributed by atoms with Crippen molar-refractivity contribution in [2.45, 2.75) is 37.8 Å². The Morgan fingerprint density at radius 3 is 2.53 bits per heavy atom. The number of rotatable bonds is 5. The van der Waals surface area contributed by atoms with Crippen LogP contribution < -0.4 is 5.32 Å². The van der Waals surface area contributed by atoms with Gasteiger partial charge < -0.3 is 14.6 Å². The van der Waals surface area contributed by atoms with E-state index in [1.165, 1.54) is 6.26 Å². The zero-order chi connectivity index (χ0) is 23.1. The molecule has 8 heteroatoms. The van der Waals surface area contributed by atoms with Gasteiger partial charge in [0.1, 0.15) is 11.9 Å². The minimum absolute atomic E-state index is 0.221. The average Bonchev–Trinajstić information content (AvgIpc) is 3.35. The topological polar surface area (TPSA) is 104 Å². The maximum absolute atomic E-state index is 13.3. The lowest BCUT2D eigenvalue weighted by molar-refractivity contribution is -0.121. The van der Waals surface area contributed by atoms with Crippen molar-refractivity contribution in [1.29, 1.82) is 0 Å². The molecule has 4 aromatic rings. The van der Waals surface area contributed by atoms with Crippen LogP contribution in [0.1, 0.15) is 46.3 Å². The Balaban J connectivity index is 1.21. The van der Waals surface area contributed by atoms with E-state index in [1.54, 1.807) is 17.0 Å². The number of hydrogen-bond donors (Lipinski definition) is 2. The Morgan fingerprint density at radius 1 is 1.00 bits per heavy atom. The smallest absolute Gasteiger partial charge is 0.290 e. The normalized spacial score (nSPS) is 17.3. The SMILES string of the molecule is O=C(Nc1ccc(-c2n[nH]c(C3CC3)n2)cc1)C1Cc2ccccc2CN1C(=O)c1ccco1. The molecular weight excluding hydrogens is 430 g/mol. The standard InChI is InChI=1S/C26H23N5O3/c32-25(27-20-11-9-17(10-12-20)24-28-23(29-30-24)16-7-8-16)21-14-18-4-1-2-5-19(18)15-31(21)26(33)22-6-3-13-34-22/h1-6,9-13,16,21H,7-8,14-15H2,(H,27,32)(H,28,29,30). The second-order valence-electron chi connectivity index (χ2n) is 8.78. The van der Waals surface area contributed by atoms with E-state index < -0.39 is 6.04 Å². The Kier molecular flexibility index (Phi) is 4.98. The number of furan rings is 1. The first-order valence-corrected chi connectivity index (χ1v) is 11.4. The molecule has 3 heterocycles. The second kappa shape index (κ2) is 8.30. The average molecular weight is 454 g/mol. The Hall–Kier alpha value is -4.20. The Bertz CT molecular complexity index is 1340. The van der Waals surface area contributed by atoms with Gasteiger partial charge in [0.25, 0.3) is 5.91 Å². The highest BCUT2D eigenvalue weighted by atomic mass is 16.3. The second-order valence-corrected chi connectivity index (χ2v) is 8.78. The summed E-state index contributed by atoms with van der Waals surface area (Å²) in [6, 6.07) is 18.0. The molecule has 34 heavy (non-hydrogen) atoms. The van der Waals surface area contributed by atoms with Gasteiger partial charge in [-0.2, -0.15) is 5.10 Å². The fourth-order valence-electron chi connectivity index (χ4n) is 4.38. The number of hydrogen-bond acceptors (Lipinski definition) is 5. The first-order valence-electron chi connectivity index (χ1n) is 11.4. The summed E-state index contributed by atoms with van der Waals surface area (Å²) in [5.41, 5.74) is 3.63. The number of amides is 2. The van der Waals surface area contributed by atoms with Crippen LogP contribution in [-0.4, -0.2) is 37.9 Å². The van der Waals surface area contributed by atoms with Crippen LogP contribution in [0, 0.1) is 0 Å². The molecule has 2 aromatic heterocycles. The number of aromatic amines is 1. The van der Waals surface area contributed by atoms with E-state index in [9.17, 15) is 9.59 Å². The number of fused-ring (bicyclic) bond motifs is 1. The molecule has 2 amide bonds. The Labute approximate surface area is 196 Å². The highest BCUT2D eigenvalue weighted by molar-refractivity contribution is 6.00. The number of nitrogens with zero attached hydrogens (tertiary/aromatic N) is 3. The summed E-state index contributed by atoms with van der Waals surface area (Å²) in [7, 11) is 0. The number of carbonyl (C=O) groups is 2. The third kappa shape index (κ3) is 3.87. The van der Waals surface area contributed by atoms with Crippen LogP contribution in [-0.2, 0) is 17.8 Å². The van der Waals surface area contributed by atoms with E-state index in [0.717, 1.165) is 35.4 Å². The van der Waals surface area contributed by atoms with E-state index in [2.05, 4.69) is 20.5 Å². The molecule has 8 nitrogen and oxygen atoms in total. The number of nitrogens with one attached hydrogen (secondary N) is 2. The molecule has 2 N–H and O–H groups in total. The highest BCUT2D eigenvalue weighted by Gasteiger charge is 2.36. The number of anilines is 1. The number of carbonyl (C=O) groups excluding carboxylic acids is 2. The number of aromatic nitrogens is 3. The number of H-pyrrole nitrogens is 1. The summed E-state index contributed by atoms with van der Waals surface area (Å²) in [6.45, 7) is 0.348. The van der Waals surface area contributed by atoms with Crippen LogP contribution in [0.5, 0.6) is 0 Å². The monoisotopic (exact) mass is 453 g/mol. The molecule has 0 bridgehead atoms. The van der Waals surface area contributed by atoms with Crippen LogP contribution >= 0.6 is 0 Å². The van der Waals surface area contributed by atoms with E-state index in [1.807, 2.05) is 48.5 Å². The van der Waals surface area contributed by atoms with Crippen LogP contribution in [0.4, 0.5) is 5.69 Å². The molecule has 1 fully saturated rings. The quantitative estimate of drug-likeness (QED) is 0.472. The molecule has 6 rings (SSSR count). The van der Waals surface area contributed by atoms with Gasteiger partial charge in [-0.05, 0) is 60.4 Å². The van der Waals surface area contributed by atoms with Gasteiger partial charge in [-0.3, -0.25) is 14.7 Å². The summed E-state index contributed by atoms with van der Waals surface area (Å²) in [4.78, 5) is 32.6. The van der Waals surface area contributed by atoms with E-state index in [4.69, 9.17) is 4.42 Å². The van der Waals surface area contributed by atoms with Gasteiger partial charge in [0.2, 0.25) is 5.91 Å². The lowest BCUT2D eigenvalue weighted by Gasteiger charge is -2.35. The minimum Gasteiger partial charge on any atom is -0.459 e. The summed E-state index contributed by atoms with van der Waals surface area (Å²) in [6.07, 6.45) is 4.21. The molecule has 1 unspecified atom stereocenters. The molecule has 0 saturated heterocycles. The van der Waals surface area contributed by atoms with Crippen molar-refractivity contribution in [2.24, 2.45) is 0 Å². The van der Waals surface area contributed by atoms with Crippen molar-refractivity contribution >= 4 is 17.5 Å². The molecule has 2 aromatic carbocycles. The third-order valence-corrected chi connectivity index (χ3v) is 6.42. The van der Waals surface area contributed by atoms with Gasteiger partial charge in [-0.25, -0.2) is 4.98 Å². The first kappa shape index (κ1) is 20.4. The van der Waals surface area contributed by atoms with Gasteiger partial charge in [0.05, 0.1) is 6.26 Å². The maximum atomic E-state index is 13.3. The van der Waals surface area contributed by atoms with Crippen molar-refractivity contribution in [3.8, 4) is 11.4 Å². The Morgan fingerprint density at radius 2 is 1.79 bits per heavy atom. The lowest BCUT2D eigenvalue weighted by atomic mass is 9.93. The molecular formula is C26H23N5O3. The van der Waals surface area contributed by atoms with Crippen molar-refractivity contribution in [1.82, 2.24) is 20.1 Å². The summed E-state index contributed by atoms with van der Waals surface area (Å²) >= 11 is 0. The minimum atomic E-state index is -0.652. The van der Waals surface area contributed by atoms with E-state index in [0.29, 0.717) is 30.4 Å². The molecule has 1 aliphatic heterocycles. The molecule has 0 radical (unpaired) electrons. The molecule has 1 aliphatic carbocycles. The predicted octanol–water partition coefficient (Wildman–Crippen LogP) is 4.15. The summed E-state index contributed by atoms with van der Waals surface area (Å²) < 4.78 is 5.32. The molecule has 170 valence electrons. The van der Waals surface area contributed by atoms with Crippen LogP contribution in [0.25, 0.3) is 11.4 Å². The van der Waals surface area contributed by atoms with E-state index in [-0.39, 0.29) is 17.6 Å².